The van der Waals surface area contributed by atoms with E-state index >= 15 is 0 Å². The molecule has 0 spiro atoms. The molecule has 1 rings (SSSR count). The largest absolute Gasteiger partial charge is 0.370 e. The van der Waals surface area contributed by atoms with E-state index in [1.54, 1.807) is 0 Å². The van der Waals surface area contributed by atoms with E-state index < -0.39 is 0 Å². The zero-order valence-electron chi connectivity index (χ0n) is 10.0. The van der Waals surface area contributed by atoms with Crippen LogP contribution in [0, 0.1) is 5.92 Å². The quantitative estimate of drug-likeness (QED) is 0.755. The molecule has 88 valence electrons. The van der Waals surface area contributed by atoms with E-state index in [2.05, 4.69) is 18.7 Å². The minimum atomic E-state index is -0.158. The molecule has 1 saturated heterocycles. The van der Waals surface area contributed by atoms with Gasteiger partial charge in [-0.25, -0.2) is 0 Å². The minimum absolute atomic E-state index is 0.158. The molecule has 3 heteroatoms. The van der Waals surface area contributed by atoms with Gasteiger partial charge < -0.3 is 10.6 Å². The van der Waals surface area contributed by atoms with Crippen LogP contribution in [0.3, 0.4) is 0 Å². The molecule has 0 bridgehead atoms. The molecule has 0 saturated carbocycles. The average Bonchev–Trinajstić information content (AvgIpc) is 2.18. The highest BCUT2D eigenvalue weighted by Gasteiger charge is 2.20. The van der Waals surface area contributed by atoms with E-state index in [1.807, 2.05) is 0 Å². The summed E-state index contributed by atoms with van der Waals surface area (Å²) < 4.78 is 0. The van der Waals surface area contributed by atoms with Crippen molar-refractivity contribution in [3.63, 3.8) is 0 Å². The Morgan fingerprint density at radius 3 is 2.47 bits per heavy atom. The maximum absolute atomic E-state index is 10.6. The van der Waals surface area contributed by atoms with Crippen LogP contribution in [0.5, 0.6) is 0 Å². The average molecular weight is 212 g/mol. The Hall–Kier alpha value is -0.570. The third kappa shape index (κ3) is 4.65. The summed E-state index contributed by atoms with van der Waals surface area (Å²) in [6, 6.07) is 0.677. The fraction of sp³-hybridized carbons (Fsp3) is 0.917. The number of piperidine rings is 1. The molecule has 0 aromatic carbocycles. The Balaban J connectivity index is 2.12. The highest BCUT2D eigenvalue weighted by atomic mass is 16.1. The Kier molecular flexibility index (Phi) is 5.09. The molecule has 2 N–H and O–H groups in total. The second-order valence-electron chi connectivity index (χ2n) is 4.93. The zero-order valence-corrected chi connectivity index (χ0v) is 10.0. The molecule has 1 aliphatic heterocycles. The first kappa shape index (κ1) is 12.5. The molecule has 0 aliphatic carbocycles. The number of primary amides is 1. The van der Waals surface area contributed by atoms with Gasteiger partial charge in [0.2, 0.25) is 5.91 Å². The number of amides is 1. The summed E-state index contributed by atoms with van der Waals surface area (Å²) in [6.45, 7) is 6.96. The molecule has 1 heterocycles. The Labute approximate surface area is 93.0 Å². The van der Waals surface area contributed by atoms with Gasteiger partial charge in [-0.05, 0) is 58.5 Å². The fourth-order valence-corrected chi connectivity index (χ4v) is 2.32. The number of carbonyl (C=O) groups is 1. The number of nitrogens with two attached hydrogens (primary N) is 1. The van der Waals surface area contributed by atoms with Gasteiger partial charge in [-0.1, -0.05) is 0 Å². The molecular formula is C12H24N2O. The van der Waals surface area contributed by atoms with E-state index in [4.69, 9.17) is 5.73 Å². The number of carbonyl (C=O) groups excluding carboxylic acids is 1. The summed E-state index contributed by atoms with van der Waals surface area (Å²) in [6.07, 6.45) is 5.29. The van der Waals surface area contributed by atoms with Gasteiger partial charge in [-0.15, -0.1) is 0 Å². The van der Waals surface area contributed by atoms with Crippen LogP contribution in [0.25, 0.3) is 0 Å². The van der Waals surface area contributed by atoms with Crippen molar-refractivity contribution in [3.8, 4) is 0 Å². The maximum Gasteiger partial charge on any atom is 0.217 e. The number of nitrogens with zero attached hydrogens (tertiary/aromatic N) is 1. The summed E-state index contributed by atoms with van der Waals surface area (Å²) in [5.41, 5.74) is 5.12. The smallest absolute Gasteiger partial charge is 0.217 e. The molecule has 3 nitrogen and oxygen atoms in total. The van der Waals surface area contributed by atoms with Crippen LogP contribution in [-0.2, 0) is 4.79 Å². The second-order valence-corrected chi connectivity index (χ2v) is 4.93. The highest BCUT2D eigenvalue weighted by Crippen LogP contribution is 2.23. The van der Waals surface area contributed by atoms with Crippen molar-refractivity contribution >= 4 is 5.91 Å². The van der Waals surface area contributed by atoms with Crippen molar-refractivity contribution in [1.29, 1.82) is 0 Å². The molecule has 0 radical (unpaired) electrons. The lowest BCUT2D eigenvalue weighted by Crippen LogP contribution is -2.38. The van der Waals surface area contributed by atoms with Gasteiger partial charge in [0.15, 0.2) is 0 Å². The zero-order chi connectivity index (χ0) is 11.3. The number of hydrogen-bond donors (Lipinski definition) is 1. The van der Waals surface area contributed by atoms with Gasteiger partial charge in [0.25, 0.3) is 0 Å². The first-order chi connectivity index (χ1) is 7.09. The van der Waals surface area contributed by atoms with Crippen molar-refractivity contribution in [2.45, 2.75) is 52.0 Å². The predicted molar refractivity (Wildman–Crippen MR) is 62.5 cm³/mol. The van der Waals surface area contributed by atoms with Gasteiger partial charge in [0.05, 0.1) is 0 Å². The topological polar surface area (TPSA) is 46.3 Å². The van der Waals surface area contributed by atoms with E-state index in [0.717, 1.165) is 12.3 Å². The van der Waals surface area contributed by atoms with Crippen LogP contribution < -0.4 is 5.73 Å². The van der Waals surface area contributed by atoms with Crippen molar-refractivity contribution in [3.05, 3.63) is 0 Å². The molecule has 0 unspecified atom stereocenters. The van der Waals surface area contributed by atoms with E-state index in [1.165, 1.54) is 32.4 Å². The highest BCUT2D eigenvalue weighted by molar-refractivity contribution is 5.73. The third-order valence-corrected chi connectivity index (χ3v) is 3.41. The van der Waals surface area contributed by atoms with Crippen molar-refractivity contribution in [2.75, 3.05) is 13.1 Å². The van der Waals surface area contributed by atoms with Gasteiger partial charge in [0.1, 0.15) is 0 Å². The summed E-state index contributed by atoms with van der Waals surface area (Å²) in [5, 5.41) is 0. The molecule has 1 aliphatic rings. The predicted octanol–water partition coefficient (Wildman–Crippen LogP) is 1.76. The lowest BCUT2D eigenvalue weighted by Gasteiger charge is -2.34. The minimum Gasteiger partial charge on any atom is -0.370 e. The van der Waals surface area contributed by atoms with Crippen LogP contribution >= 0.6 is 0 Å². The monoisotopic (exact) mass is 212 g/mol. The van der Waals surface area contributed by atoms with E-state index in [9.17, 15) is 4.79 Å². The summed E-state index contributed by atoms with van der Waals surface area (Å²) in [7, 11) is 0. The molecule has 0 aromatic heterocycles. The van der Waals surface area contributed by atoms with Crippen LogP contribution in [0.15, 0.2) is 0 Å². The van der Waals surface area contributed by atoms with Crippen LogP contribution in [-0.4, -0.2) is 29.9 Å². The number of rotatable bonds is 5. The third-order valence-electron chi connectivity index (χ3n) is 3.41. The SMILES string of the molecule is CC(C)N1CCC(CCCC(N)=O)CC1. The van der Waals surface area contributed by atoms with Gasteiger partial charge in [0, 0.05) is 12.5 Å². The second kappa shape index (κ2) is 6.11. The Morgan fingerprint density at radius 1 is 1.40 bits per heavy atom. The Morgan fingerprint density at radius 2 is 2.00 bits per heavy atom. The lowest BCUT2D eigenvalue weighted by molar-refractivity contribution is -0.118. The number of hydrogen-bond acceptors (Lipinski definition) is 2. The molecule has 0 aromatic rings. The van der Waals surface area contributed by atoms with E-state index in [0.29, 0.717) is 12.5 Å². The lowest BCUT2D eigenvalue weighted by atomic mass is 9.91. The van der Waals surface area contributed by atoms with Gasteiger partial charge in [-0.2, -0.15) is 0 Å². The van der Waals surface area contributed by atoms with Crippen molar-refractivity contribution < 1.29 is 4.79 Å². The van der Waals surface area contributed by atoms with Crippen LogP contribution in [0.2, 0.25) is 0 Å². The van der Waals surface area contributed by atoms with Crippen molar-refractivity contribution in [1.82, 2.24) is 4.90 Å². The summed E-state index contributed by atoms with van der Waals surface area (Å²) >= 11 is 0. The maximum atomic E-state index is 10.6. The normalized spacial score (nSPS) is 19.7. The standard InChI is InChI=1S/C12H24N2O/c1-10(2)14-8-6-11(7-9-14)4-3-5-12(13)15/h10-11H,3-9H2,1-2H3,(H2,13,15). The summed E-state index contributed by atoms with van der Waals surface area (Å²) in [4.78, 5) is 13.1. The Bertz CT molecular complexity index is 196. The van der Waals surface area contributed by atoms with Gasteiger partial charge >= 0.3 is 0 Å². The summed E-state index contributed by atoms with van der Waals surface area (Å²) in [5.74, 6) is 0.661. The van der Waals surface area contributed by atoms with Crippen LogP contribution in [0.4, 0.5) is 0 Å². The van der Waals surface area contributed by atoms with E-state index in [-0.39, 0.29) is 5.91 Å². The van der Waals surface area contributed by atoms with Crippen molar-refractivity contribution in [2.24, 2.45) is 11.7 Å². The molecular weight excluding hydrogens is 188 g/mol. The molecule has 15 heavy (non-hydrogen) atoms. The molecule has 1 fully saturated rings. The number of likely N-dealkylation sites (tertiary alicyclic amines) is 1. The van der Waals surface area contributed by atoms with Gasteiger partial charge in [-0.3, -0.25) is 4.79 Å². The molecule has 0 atom stereocenters. The fourth-order valence-electron chi connectivity index (χ4n) is 2.32. The van der Waals surface area contributed by atoms with Crippen LogP contribution in [0.1, 0.15) is 46.0 Å². The first-order valence-electron chi connectivity index (χ1n) is 6.12. The molecule has 1 amide bonds. The first-order valence-corrected chi connectivity index (χ1v) is 6.12.